The molecule has 0 saturated carbocycles. The second-order valence-electron chi connectivity index (χ2n) is 2.84. The summed E-state index contributed by atoms with van der Waals surface area (Å²) < 4.78 is 0. The SMILES string of the molecule is Cc1c(C(=O)Cl)sc2c1C(Cl)NC=N2. The van der Waals surface area contributed by atoms with E-state index in [0.717, 1.165) is 16.1 Å². The zero-order valence-corrected chi connectivity index (χ0v) is 9.50. The van der Waals surface area contributed by atoms with Crippen molar-refractivity contribution in [2.75, 3.05) is 0 Å². The molecule has 2 heterocycles. The van der Waals surface area contributed by atoms with Crippen LogP contribution in [0.3, 0.4) is 0 Å². The molecular formula is C8H6Cl2N2OS. The van der Waals surface area contributed by atoms with Gasteiger partial charge in [0.05, 0.1) is 11.2 Å². The van der Waals surface area contributed by atoms with Crippen molar-refractivity contribution >= 4 is 51.1 Å². The van der Waals surface area contributed by atoms with Gasteiger partial charge in [-0.1, -0.05) is 11.6 Å². The minimum Gasteiger partial charge on any atom is -0.356 e. The predicted molar refractivity (Wildman–Crippen MR) is 59.1 cm³/mol. The van der Waals surface area contributed by atoms with Gasteiger partial charge in [-0.2, -0.15) is 0 Å². The minimum atomic E-state index is -0.457. The van der Waals surface area contributed by atoms with Gasteiger partial charge in [0.2, 0.25) is 0 Å². The highest BCUT2D eigenvalue weighted by atomic mass is 35.5. The fraction of sp³-hybridized carbons (Fsp3) is 0.250. The zero-order valence-electron chi connectivity index (χ0n) is 7.17. The van der Waals surface area contributed by atoms with Crippen LogP contribution >= 0.6 is 34.5 Å². The van der Waals surface area contributed by atoms with E-state index < -0.39 is 5.24 Å². The summed E-state index contributed by atoms with van der Waals surface area (Å²) >= 11 is 12.7. The zero-order chi connectivity index (χ0) is 10.3. The maximum Gasteiger partial charge on any atom is 0.262 e. The van der Waals surface area contributed by atoms with E-state index in [0.29, 0.717) is 4.88 Å². The van der Waals surface area contributed by atoms with E-state index in [2.05, 4.69) is 10.3 Å². The molecule has 3 nitrogen and oxygen atoms in total. The Hall–Kier alpha value is -0.580. The average Bonchev–Trinajstić information content (AvgIpc) is 2.45. The van der Waals surface area contributed by atoms with Crippen LogP contribution in [0.15, 0.2) is 4.99 Å². The van der Waals surface area contributed by atoms with Gasteiger partial charge < -0.3 is 5.32 Å². The van der Waals surface area contributed by atoms with Crippen LogP contribution in [0.2, 0.25) is 0 Å². The third kappa shape index (κ3) is 1.43. The number of carbonyl (C=O) groups is 1. The van der Waals surface area contributed by atoms with Crippen molar-refractivity contribution in [3.63, 3.8) is 0 Å². The van der Waals surface area contributed by atoms with Crippen LogP contribution in [0.4, 0.5) is 5.00 Å². The number of fused-ring (bicyclic) bond motifs is 1. The fourth-order valence-electron chi connectivity index (χ4n) is 1.34. The number of thiophene rings is 1. The molecule has 6 heteroatoms. The van der Waals surface area contributed by atoms with Crippen molar-refractivity contribution in [3.05, 3.63) is 16.0 Å². The van der Waals surface area contributed by atoms with E-state index in [1.165, 1.54) is 17.7 Å². The first-order valence-corrected chi connectivity index (χ1v) is 5.50. The highest BCUT2D eigenvalue weighted by Crippen LogP contribution is 2.42. The first kappa shape index (κ1) is 9.96. The van der Waals surface area contributed by atoms with Crippen LogP contribution in [0.1, 0.15) is 26.3 Å². The Morgan fingerprint density at radius 3 is 3.00 bits per heavy atom. The van der Waals surface area contributed by atoms with E-state index in [1.54, 1.807) is 0 Å². The number of carbonyl (C=O) groups excluding carboxylic acids is 1. The van der Waals surface area contributed by atoms with Crippen LogP contribution in [-0.4, -0.2) is 11.6 Å². The monoisotopic (exact) mass is 248 g/mol. The minimum absolute atomic E-state index is 0.330. The topological polar surface area (TPSA) is 41.5 Å². The van der Waals surface area contributed by atoms with Gasteiger partial charge in [0.15, 0.2) is 0 Å². The summed E-state index contributed by atoms with van der Waals surface area (Å²) in [7, 11) is 0. The number of rotatable bonds is 1. The van der Waals surface area contributed by atoms with Crippen LogP contribution in [0.25, 0.3) is 0 Å². The third-order valence-corrected chi connectivity index (χ3v) is 3.87. The van der Waals surface area contributed by atoms with Gasteiger partial charge >= 0.3 is 0 Å². The molecule has 0 bridgehead atoms. The smallest absolute Gasteiger partial charge is 0.262 e. The number of hydrogen-bond acceptors (Lipinski definition) is 4. The molecule has 0 aliphatic carbocycles. The fourth-order valence-corrected chi connectivity index (χ4v) is 3.01. The van der Waals surface area contributed by atoms with Crippen molar-refractivity contribution in [1.82, 2.24) is 5.32 Å². The number of alkyl halides is 1. The van der Waals surface area contributed by atoms with Crippen molar-refractivity contribution in [1.29, 1.82) is 0 Å². The molecule has 0 fully saturated rings. The maximum absolute atomic E-state index is 11.1. The molecule has 1 aromatic rings. The number of aliphatic imine (C=N–C) groups is 1. The predicted octanol–water partition coefficient (Wildman–Crippen LogP) is 2.94. The normalized spacial score (nSPS) is 18.9. The number of nitrogens with zero attached hydrogens (tertiary/aromatic N) is 1. The van der Waals surface area contributed by atoms with Gasteiger partial charge in [0.1, 0.15) is 10.5 Å². The second-order valence-corrected chi connectivity index (χ2v) is 4.61. The van der Waals surface area contributed by atoms with E-state index in [1.807, 2.05) is 6.92 Å². The highest BCUT2D eigenvalue weighted by Gasteiger charge is 2.24. The van der Waals surface area contributed by atoms with Gasteiger partial charge in [0, 0.05) is 5.56 Å². The Morgan fingerprint density at radius 2 is 2.43 bits per heavy atom. The Morgan fingerprint density at radius 1 is 1.71 bits per heavy atom. The van der Waals surface area contributed by atoms with E-state index in [4.69, 9.17) is 23.2 Å². The van der Waals surface area contributed by atoms with Crippen molar-refractivity contribution < 1.29 is 4.79 Å². The number of nitrogens with one attached hydrogen (secondary N) is 1. The lowest BCUT2D eigenvalue weighted by molar-refractivity contribution is 0.108. The van der Waals surface area contributed by atoms with Crippen LogP contribution in [0.5, 0.6) is 0 Å². The average molecular weight is 249 g/mol. The molecule has 14 heavy (non-hydrogen) atoms. The Bertz CT molecular complexity index is 427. The standard InChI is InChI=1S/C8H6Cl2N2OS/c1-3-4-6(9)11-2-12-8(4)14-5(3)7(10)13/h2,6H,1H3,(H,11,12). The van der Waals surface area contributed by atoms with Gasteiger partial charge in [-0.3, -0.25) is 4.79 Å². The summed E-state index contributed by atoms with van der Waals surface area (Å²) in [6.45, 7) is 1.82. The van der Waals surface area contributed by atoms with Gasteiger partial charge in [-0.05, 0) is 24.1 Å². The van der Waals surface area contributed by atoms with E-state index >= 15 is 0 Å². The third-order valence-electron chi connectivity index (χ3n) is 2.01. The van der Waals surface area contributed by atoms with Crippen molar-refractivity contribution in [2.24, 2.45) is 4.99 Å². The molecule has 74 valence electrons. The summed E-state index contributed by atoms with van der Waals surface area (Å²) in [4.78, 5) is 15.7. The summed E-state index contributed by atoms with van der Waals surface area (Å²) in [6, 6.07) is 0. The molecule has 2 rings (SSSR count). The van der Waals surface area contributed by atoms with Crippen molar-refractivity contribution in [2.45, 2.75) is 12.4 Å². The highest BCUT2D eigenvalue weighted by molar-refractivity contribution is 7.19. The first-order valence-electron chi connectivity index (χ1n) is 3.87. The first-order chi connectivity index (χ1) is 6.61. The lowest BCUT2D eigenvalue weighted by Crippen LogP contribution is -2.17. The molecule has 1 unspecified atom stereocenters. The van der Waals surface area contributed by atoms with Crippen molar-refractivity contribution in [3.8, 4) is 0 Å². The number of hydrogen-bond donors (Lipinski definition) is 1. The molecule has 1 aliphatic rings. The molecule has 1 N–H and O–H groups in total. The molecule has 0 spiro atoms. The Labute approximate surface area is 94.7 Å². The second kappa shape index (κ2) is 3.53. The quantitative estimate of drug-likeness (QED) is 0.472. The molecule has 0 saturated heterocycles. The molecule has 1 aromatic heterocycles. The van der Waals surface area contributed by atoms with Gasteiger partial charge in [-0.25, -0.2) is 4.99 Å². The maximum atomic E-state index is 11.1. The summed E-state index contributed by atoms with van der Waals surface area (Å²) in [5, 5.41) is 3.15. The Kier molecular flexibility index (Phi) is 2.51. The molecule has 0 amide bonds. The lowest BCUT2D eigenvalue weighted by atomic mass is 10.1. The van der Waals surface area contributed by atoms with E-state index in [9.17, 15) is 4.79 Å². The lowest BCUT2D eigenvalue weighted by Gasteiger charge is -2.14. The van der Waals surface area contributed by atoms with Gasteiger partial charge in [-0.15, -0.1) is 11.3 Å². The summed E-state index contributed by atoms with van der Waals surface area (Å²) in [6.07, 6.45) is 1.53. The largest absolute Gasteiger partial charge is 0.356 e. The molecule has 0 radical (unpaired) electrons. The summed E-state index contributed by atoms with van der Waals surface area (Å²) in [5.41, 5.74) is 1.33. The molecule has 1 atom stereocenters. The van der Waals surface area contributed by atoms with Crippen LogP contribution in [-0.2, 0) is 0 Å². The Balaban J connectivity index is 2.61. The molecule has 1 aliphatic heterocycles. The molecular weight excluding hydrogens is 243 g/mol. The molecule has 0 aromatic carbocycles. The summed E-state index contributed by atoms with van der Waals surface area (Å²) in [5.74, 6) is 0. The van der Waals surface area contributed by atoms with E-state index in [-0.39, 0.29) is 5.50 Å². The van der Waals surface area contributed by atoms with Crippen LogP contribution in [0, 0.1) is 6.92 Å². The van der Waals surface area contributed by atoms with Crippen LogP contribution < -0.4 is 5.32 Å². The van der Waals surface area contributed by atoms with Gasteiger partial charge in [0.25, 0.3) is 5.24 Å². The number of halogens is 2.